The van der Waals surface area contributed by atoms with Gasteiger partial charge in [-0.15, -0.1) is 0 Å². The number of hydrogen-bond donors (Lipinski definition) is 4. The Kier molecular flexibility index (Phi) is 10.8. The molecule has 0 spiro atoms. The smallest absolute Gasteiger partial charge is 0.463 e. The average Bonchev–Trinajstić information content (AvgIpc) is 3.50. The Morgan fingerprint density at radius 1 is 1.06 bits per heavy atom. The van der Waals surface area contributed by atoms with E-state index in [1.165, 1.54) is 15.7 Å². The van der Waals surface area contributed by atoms with Crippen molar-refractivity contribution < 1.29 is 23.6 Å². The topological polar surface area (TPSA) is 151 Å². The molecule has 1 unspecified atom stereocenters. The van der Waals surface area contributed by atoms with Crippen LogP contribution in [-0.2, 0) is 14.9 Å². The zero-order valence-electron chi connectivity index (χ0n) is 31.6. The van der Waals surface area contributed by atoms with Crippen molar-refractivity contribution >= 4 is 29.6 Å². The monoisotopic (exact) mass is 707 g/mol. The quantitative estimate of drug-likeness (QED) is 0.0920. The van der Waals surface area contributed by atoms with Crippen molar-refractivity contribution in [1.29, 1.82) is 5.41 Å². The van der Waals surface area contributed by atoms with Gasteiger partial charge in [-0.2, -0.15) is 20.0 Å². The third kappa shape index (κ3) is 8.83. The van der Waals surface area contributed by atoms with Gasteiger partial charge in [0.05, 0.1) is 30.0 Å². The van der Waals surface area contributed by atoms with Crippen LogP contribution >= 0.6 is 0 Å². The van der Waals surface area contributed by atoms with Gasteiger partial charge in [0.2, 0.25) is 5.91 Å². The lowest BCUT2D eigenvalue weighted by molar-refractivity contribution is -0.550. The van der Waals surface area contributed by atoms with E-state index >= 15 is 0 Å². The number of ether oxygens (including phenoxy) is 2. The standard InChI is InChI=1S/C40H50N8O4/c1-25(2)47(38(50)52-40(7,8)9)37(42)46-24-28(18-21-34(46)41)51-32-20-19-31(29-12-10-11-13-30(29)32)44-36(49)23-43-35-22-33(39(4,5)6)45-48(35)27-16-14-26(3)15-17-27/h10-17,22,24-25,31-32,41-42H,19-20,23H2,1-9H3,(H2,43,44,45,49)/p+1/t31-,32?/m0/s1. The molecule has 5 N–H and O–H groups in total. The van der Waals surface area contributed by atoms with Crippen LogP contribution in [0.1, 0.15) is 103 Å². The summed E-state index contributed by atoms with van der Waals surface area (Å²) in [6.45, 7) is 17.3. The van der Waals surface area contributed by atoms with E-state index in [2.05, 4.69) is 43.5 Å². The first-order chi connectivity index (χ1) is 24.4. The summed E-state index contributed by atoms with van der Waals surface area (Å²) in [6, 6.07) is 23.2. The Morgan fingerprint density at radius 3 is 2.37 bits per heavy atom. The molecule has 1 aliphatic carbocycles. The van der Waals surface area contributed by atoms with E-state index in [0.717, 1.165) is 33.9 Å². The first-order valence-electron chi connectivity index (χ1n) is 17.6. The first kappa shape index (κ1) is 37.7. The number of hydrogen-bond acceptors (Lipinski definition) is 8. The maximum atomic E-state index is 13.4. The van der Waals surface area contributed by atoms with Gasteiger partial charge in [-0.25, -0.2) is 9.48 Å². The van der Waals surface area contributed by atoms with E-state index in [4.69, 9.17) is 25.7 Å². The molecular formula is C40H51N8O4+. The number of nitrogens with one attached hydrogen (secondary N) is 3. The Bertz CT molecular complexity index is 1920. The predicted molar refractivity (Wildman–Crippen MR) is 200 cm³/mol. The van der Waals surface area contributed by atoms with E-state index < -0.39 is 11.7 Å². The predicted octanol–water partition coefficient (Wildman–Crippen LogP) is 6.56. The fraction of sp³-hybridized carbons (Fsp3) is 0.425. The van der Waals surface area contributed by atoms with Crippen LogP contribution in [0.4, 0.5) is 16.4 Å². The first-order valence-corrected chi connectivity index (χ1v) is 17.6. The minimum Gasteiger partial charge on any atom is -0.475 e. The molecule has 0 saturated heterocycles. The van der Waals surface area contributed by atoms with Gasteiger partial charge in [-0.05, 0) is 83.7 Å². The van der Waals surface area contributed by atoms with Crippen LogP contribution in [0.3, 0.4) is 0 Å². The van der Waals surface area contributed by atoms with Crippen LogP contribution in [0.2, 0.25) is 0 Å². The van der Waals surface area contributed by atoms with E-state index in [0.29, 0.717) is 18.6 Å². The van der Waals surface area contributed by atoms with Crippen LogP contribution in [0, 0.1) is 24.5 Å². The van der Waals surface area contributed by atoms with Crippen molar-refractivity contribution in [2.24, 2.45) is 0 Å². The lowest BCUT2D eigenvalue weighted by Crippen LogP contribution is -2.58. The molecule has 274 valence electrons. The summed E-state index contributed by atoms with van der Waals surface area (Å²) >= 11 is 0. The average molecular weight is 708 g/mol. The van der Waals surface area contributed by atoms with Crippen molar-refractivity contribution in [3.63, 3.8) is 0 Å². The summed E-state index contributed by atoms with van der Waals surface area (Å²) in [7, 11) is 0. The highest BCUT2D eigenvalue weighted by Crippen LogP contribution is 2.38. The van der Waals surface area contributed by atoms with E-state index in [1.807, 2.05) is 66.2 Å². The number of nitrogens with zero attached hydrogens (tertiary/aromatic N) is 4. The van der Waals surface area contributed by atoms with Gasteiger partial charge in [0.25, 0.3) is 5.82 Å². The highest BCUT2D eigenvalue weighted by atomic mass is 16.6. The number of nitrogens with two attached hydrogens (primary N) is 1. The second-order valence-electron chi connectivity index (χ2n) is 15.5. The summed E-state index contributed by atoms with van der Waals surface area (Å²) < 4.78 is 15.2. The molecule has 52 heavy (non-hydrogen) atoms. The van der Waals surface area contributed by atoms with Gasteiger partial charge in [0.1, 0.15) is 23.7 Å². The van der Waals surface area contributed by atoms with Crippen LogP contribution in [0.5, 0.6) is 5.75 Å². The van der Waals surface area contributed by atoms with E-state index in [1.54, 1.807) is 34.6 Å². The van der Waals surface area contributed by atoms with E-state index in [-0.39, 0.29) is 47.8 Å². The Morgan fingerprint density at radius 2 is 1.73 bits per heavy atom. The molecule has 2 aromatic heterocycles. The number of carbonyl (C=O) groups is 2. The minimum atomic E-state index is -0.741. The molecule has 5 rings (SSSR count). The largest absolute Gasteiger partial charge is 0.475 e. The summed E-state index contributed by atoms with van der Waals surface area (Å²) in [6.07, 6.45) is 1.76. The molecule has 0 bridgehead atoms. The molecular weight excluding hydrogens is 656 g/mol. The lowest BCUT2D eigenvalue weighted by Gasteiger charge is -2.32. The molecule has 12 heteroatoms. The molecule has 2 aromatic carbocycles. The normalized spacial score (nSPS) is 15.7. The summed E-state index contributed by atoms with van der Waals surface area (Å²) in [5.41, 5.74) is 10.2. The van der Waals surface area contributed by atoms with E-state index in [9.17, 15) is 9.59 Å². The number of benzene rings is 2. The summed E-state index contributed by atoms with van der Waals surface area (Å²) in [5.74, 6) is 0.787. The molecule has 1 aliphatic rings. The van der Waals surface area contributed by atoms with Gasteiger partial charge in [0.15, 0.2) is 5.75 Å². The van der Waals surface area contributed by atoms with Crippen LogP contribution < -0.4 is 25.7 Å². The maximum absolute atomic E-state index is 13.4. The number of aromatic nitrogens is 3. The van der Waals surface area contributed by atoms with Crippen molar-refractivity contribution in [2.45, 2.75) is 104 Å². The van der Waals surface area contributed by atoms with Crippen LogP contribution in [0.25, 0.3) is 5.69 Å². The number of anilines is 2. The zero-order valence-corrected chi connectivity index (χ0v) is 31.6. The summed E-state index contributed by atoms with van der Waals surface area (Å²) in [4.78, 5) is 27.7. The number of rotatable bonds is 8. The highest BCUT2D eigenvalue weighted by molar-refractivity contribution is 5.88. The van der Waals surface area contributed by atoms with Crippen molar-refractivity contribution in [2.75, 3.05) is 17.6 Å². The van der Waals surface area contributed by atoms with Crippen LogP contribution in [0.15, 0.2) is 60.8 Å². The number of nitrogen functional groups attached to an aromatic ring is 1. The molecule has 0 saturated carbocycles. The Labute approximate surface area is 306 Å². The number of fused-ring (bicyclic) bond motifs is 1. The molecule has 0 fully saturated rings. The SMILES string of the molecule is Cc1ccc(-n2nc(C(C)(C)C)cc2NCC(=O)N[C@H]2CCC(Oc3c#cc(N)[n+](C(=N)N(C(=O)OC(C)(C)C)C(C)C)c3)c3ccccc32)cc1. The fourth-order valence-corrected chi connectivity index (χ4v) is 5.96. The molecule has 4 aromatic rings. The van der Waals surface area contributed by atoms with Crippen molar-refractivity contribution in [3.8, 4) is 11.4 Å². The van der Waals surface area contributed by atoms with Crippen LogP contribution in [-0.4, -0.2) is 50.8 Å². The molecule has 0 aliphatic heterocycles. The molecule has 2 atom stereocenters. The Balaban J connectivity index is 1.29. The number of amides is 2. The van der Waals surface area contributed by atoms with Crippen molar-refractivity contribution in [3.05, 3.63) is 95.3 Å². The molecule has 2 heterocycles. The van der Waals surface area contributed by atoms with Gasteiger partial charge in [-0.1, -0.05) is 62.7 Å². The fourth-order valence-electron chi connectivity index (χ4n) is 5.96. The lowest BCUT2D eigenvalue weighted by atomic mass is 9.85. The zero-order chi connectivity index (χ0) is 38.0. The van der Waals surface area contributed by atoms with Gasteiger partial charge in [-0.3, -0.25) is 4.79 Å². The molecule has 0 radical (unpaired) electrons. The third-order valence-electron chi connectivity index (χ3n) is 8.61. The summed E-state index contributed by atoms with van der Waals surface area (Å²) in [5, 5.41) is 20.3. The third-order valence-corrected chi connectivity index (χ3v) is 8.61. The molecule has 12 nitrogen and oxygen atoms in total. The number of aryl methyl sites for hydroxylation is 1. The van der Waals surface area contributed by atoms with Gasteiger partial charge < -0.3 is 25.8 Å². The number of carbonyl (C=O) groups excluding carboxylic acids is 2. The minimum absolute atomic E-state index is 0.0681. The maximum Gasteiger partial charge on any atom is 0.463 e. The van der Waals surface area contributed by atoms with Crippen molar-refractivity contribution in [1.82, 2.24) is 20.0 Å². The van der Waals surface area contributed by atoms with Gasteiger partial charge in [0, 0.05) is 17.5 Å². The second-order valence-corrected chi connectivity index (χ2v) is 15.5. The second kappa shape index (κ2) is 15.0. The molecule has 2 amide bonds. The highest BCUT2D eigenvalue weighted by Gasteiger charge is 2.35. The van der Waals surface area contributed by atoms with Gasteiger partial charge >= 0.3 is 12.1 Å². The Hall–Kier alpha value is -5.57.